The molecular formula is C10H20N2O. The quantitative estimate of drug-likeness (QED) is 0.687. The van der Waals surface area contributed by atoms with Gasteiger partial charge in [0.25, 0.3) is 0 Å². The van der Waals surface area contributed by atoms with Crippen LogP contribution in [0.3, 0.4) is 0 Å². The summed E-state index contributed by atoms with van der Waals surface area (Å²) in [7, 11) is 0. The van der Waals surface area contributed by atoms with Crippen LogP contribution < -0.4 is 10.9 Å². The first-order chi connectivity index (χ1) is 6.11. The first-order valence-corrected chi connectivity index (χ1v) is 4.82. The van der Waals surface area contributed by atoms with Crippen LogP contribution in [0.2, 0.25) is 0 Å². The normalized spacial score (nSPS) is 20.5. The van der Waals surface area contributed by atoms with Gasteiger partial charge in [0.1, 0.15) is 5.78 Å². The summed E-state index contributed by atoms with van der Waals surface area (Å²) in [6.07, 6.45) is 0.562. The highest BCUT2D eigenvalue weighted by Crippen LogP contribution is 2.15. The summed E-state index contributed by atoms with van der Waals surface area (Å²) in [5.41, 5.74) is 8.32. The molecule has 0 aromatic rings. The second-order valence-corrected chi connectivity index (χ2v) is 3.02. The predicted molar refractivity (Wildman–Crippen MR) is 55.1 cm³/mol. The van der Waals surface area contributed by atoms with E-state index in [0.29, 0.717) is 12.5 Å². The number of Topliss-reactive ketones (excluding diaryl/α,β-unsaturated/α-hetero) is 1. The highest BCUT2D eigenvalue weighted by Gasteiger charge is 2.18. The molecule has 0 spiro atoms. The van der Waals surface area contributed by atoms with Crippen LogP contribution in [0.1, 0.15) is 41.0 Å². The van der Waals surface area contributed by atoms with E-state index in [9.17, 15) is 4.79 Å². The highest BCUT2D eigenvalue weighted by molar-refractivity contribution is 5.78. The molecule has 0 bridgehead atoms. The largest absolute Gasteiger partial charge is 0.325 e. The zero-order valence-electron chi connectivity index (χ0n) is 9.19. The van der Waals surface area contributed by atoms with Crippen LogP contribution in [0.4, 0.5) is 0 Å². The van der Waals surface area contributed by atoms with Crippen molar-refractivity contribution in [2.24, 2.45) is 0 Å². The van der Waals surface area contributed by atoms with Crippen LogP contribution in [0.15, 0.2) is 11.3 Å². The molecule has 1 aliphatic heterocycles. The number of hydrogen-bond acceptors (Lipinski definition) is 3. The average molecular weight is 184 g/mol. The van der Waals surface area contributed by atoms with E-state index < -0.39 is 0 Å². The Kier molecular flexibility index (Phi) is 5.39. The molecule has 0 aromatic heterocycles. The zero-order valence-corrected chi connectivity index (χ0v) is 9.19. The van der Waals surface area contributed by atoms with E-state index in [1.165, 1.54) is 5.57 Å². The average Bonchev–Trinajstić information content (AvgIpc) is 2.39. The van der Waals surface area contributed by atoms with Gasteiger partial charge in [-0.05, 0) is 26.3 Å². The molecule has 0 aromatic carbocycles. The molecule has 0 fully saturated rings. The smallest absolute Gasteiger partial charge is 0.133 e. The number of nitrogens with one attached hydrogen (secondary N) is 2. The van der Waals surface area contributed by atoms with Crippen LogP contribution in [-0.2, 0) is 4.79 Å². The van der Waals surface area contributed by atoms with Gasteiger partial charge >= 0.3 is 0 Å². The van der Waals surface area contributed by atoms with Gasteiger partial charge in [-0.3, -0.25) is 4.79 Å². The number of allylic oxidation sites excluding steroid dienone is 1. The second-order valence-electron chi connectivity index (χ2n) is 3.02. The Morgan fingerprint density at radius 1 is 1.46 bits per heavy atom. The molecule has 2 N–H and O–H groups in total. The van der Waals surface area contributed by atoms with Crippen LogP contribution in [0, 0.1) is 0 Å². The Balaban J connectivity index is 0.000000671. The molecular weight excluding hydrogens is 164 g/mol. The van der Waals surface area contributed by atoms with E-state index >= 15 is 0 Å². The lowest BCUT2D eigenvalue weighted by Gasteiger charge is -2.05. The van der Waals surface area contributed by atoms with Gasteiger partial charge in [0.15, 0.2) is 0 Å². The Hall–Kier alpha value is -0.830. The van der Waals surface area contributed by atoms with Gasteiger partial charge < -0.3 is 5.43 Å². The molecule has 1 rings (SSSR count). The molecule has 1 unspecified atom stereocenters. The maximum Gasteiger partial charge on any atom is 0.133 e. The van der Waals surface area contributed by atoms with Crippen molar-refractivity contribution < 1.29 is 4.79 Å². The summed E-state index contributed by atoms with van der Waals surface area (Å²) < 4.78 is 0. The molecule has 0 aliphatic carbocycles. The summed E-state index contributed by atoms with van der Waals surface area (Å²) in [5.74, 6) is 0.219. The molecule has 0 amide bonds. The monoisotopic (exact) mass is 184 g/mol. The van der Waals surface area contributed by atoms with E-state index in [2.05, 4.69) is 10.9 Å². The van der Waals surface area contributed by atoms with Crippen LogP contribution in [0.5, 0.6) is 0 Å². The third kappa shape index (κ3) is 3.59. The van der Waals surface area contributed by atoms with Gasteiger partial charge in [0.2, 0.25) is 0 Å². The fourth-order valence-corrected chi connectivity index (χ4v) is 1.26. The Morgan fingerprint density at radius 3 is 2.31 bits per heavy atom. The van der Waals surface area contributed by atoms with Crippen molar-refractivity contribution in [3.63, 3.8) is 0 Å². The maximum absolute atomic E-state index is 10.8. The van der Waals surface area contributed by atoms with Gasteiger partial charge in [-0.2, -0.15) is 0 Å². The van der Waals surface area contributed by atoms with Crippen molar-refractivity contribution in [3.05, 3.63) is 11.3 Å². The minimum Gasteiger partial charge on any atom is -0.325 e. The number of hydrazine groups is 1. The van der Waals surface area contributed by atoms with Gasteiger partial charge in [-0.15, -0.1) is 0 Å². The van der Waals surface area contributed by atoms with E-state index in [1.807, 2.05) is 27.7 Å². The third-order valence-electron chi connectivity index (χ3n) is 1.92. The van der Waals surface area contributed by atoms with E-state index in [1.54, 1.807) is 6.92 Å². The molecule has 0 radical (unpaired) electrons. The summed E-state index contributed by atoms with van der Waals surface area (Å²) in [6.45, 7) is 9.64. The number of rotatable bonds is 2. The molecule has 1 atom stereocenters. The molecule has 0 saturated carbocycles. The molecule has 1 aliphatic rings. The molecule has 1 heterocycles. The Bertz CT molecular complexity index is 209. The highest BCUT2D eigenvalue weighted by atomic mass is 16.1. The number of hydrogen-bond donors (Lipinski definition) is 2. The fraction of sp³-hybridized carbons (Fsp3) is 0.700. The van der Waals surface area contributed by atoms with Crippen molar-refractivity contribution >= 4 is 5.78 Å². The third-order valence-corrected chi connectivity index (χ3v) is 1.92. The van der Waals surface area contributed by atoms with Crippen LogP contribution in [-0.4, -0.2) is 11.8 Å². The number of carbonyl (C=O) groups is 1. The Morgan fingerprint density at radius 2 is 2.00 bits per heavy atom. The van der Waals surface area contributed by atoms with E-state index in [-0.39, 0.29) is 5.78 Å². The van der Waals surface area contributed by atoms with Gasteiger partial charge in [-0.25, -0.2) is 5.43 Å². The molecule has 3 heteroatoms. The first-order valence-electron chi connectivity index (χ1n) is 4.82. The van der Waals surface area contributed by atoms with Crippen molar-refractivity contribution in [2.45, 2.75) is 47.1 Å². The predicted octanol–water partition coefficient (Wildman–Crippen LogP) is 1.76. The number of ketones is 1. The standard InChI is InChI=1S/C8H14N2O.C2H6/c1-5(11)4-8-6(2)9-10-7(8)3;1-2/h6,9-10H,4H2,1-3H3;1-2H3. The van der Waals surface area contributed by atoms with Gasteiger partial charge in [0, 0.05) is 18.2 Å². The lowest BCUT2D eigenvalue weighted by atomic mass is 10.0. The van der Waals surface area contributed by atoms with E-state index in [0.717, 1.165) is 5.70 Å². The Labute approximate surface area is 80.6 Å². The van der Waals surface area contributed by atoms with Crippen molar-refractivity contribution in [1.29, 1.82) is 0 Å². The summed E-state index contributed by atoms with van der Waals surface area (Å²) in [6, 6.07) is 0.291. The van der Waals surface area contributed by atoms with Crippen LogP contribution >= 0.6 is 0 Å². The molecule has 0 saturated heterocycles. The van der Waals surface area contributed by atoms with Gasteiger partial charge in [-0.1, -0.05) is 13.8 Å². The van der Waals surface area contributed by atoms with Crippen molar-refractivity contribution in [2.75, 3.05) is 0 Å². The second kappa shape index (κ2) is 5.75. The summed E-state index contributed by atoms with van der Waals surface area (Å²) >= 11 is 0. The lowest BCUT2D eigenvalue weighted by Crippen LogP contribution is -2.30. The topological polar surface area (TPSA) is 41.1 Å². The zero-order chi connectivity index (χ0) is 10.4. The summed E-state index contributed by atoms with van der Waals surface area (Å²) in [4.78, 5) is 10.8. The van der Waals surface area contributed by atoms with Crippen molar-refractivity contribution in [3.8, 4) is 0 Å². The minimum atomic E-state index is 0.219. The number of carbonyl (C=O) groups excluding carboxylic acids is 1. The summed E-state index contributed by atoms with van der Waals surface area (Å²) in [5, 5.41) is 0. The lowest BCUT2D eigenvalue weighted by molar-refractivity contribution is -0.116. The maximum atomic E-state index is 10.8. The van der Waals surface area contributed by atoms with Crippen LogP contribution in [0.25, 0.3) is 0 Å². The van der Waals surface area contributed by atoms with Crippen molar-refractivity contribution in [1.82, 2.24) is 10.9 Å². The first kappa shape index (κ1) is 12.2. The van der Waals surface area contributed by atoms with Gasteiger partial charge in [0.05, 0.1) is 0 Å². The molecule has 76 valence electrons. The fourth-order valence-electron chi connectivity index (χ4n) is 1.26. The molecule has 3 nitrogen and oxygen atoms in total. The SMILES string of the molecule is CC.CC(=O)CC1=C(C)NNC1C. The molecule has 13 heavy (non-hydrogen) atoms. The minimum absolute atomic E-state index is 0.219. The van der Waals surface area contributed by atoms with E-state index in [4.69, 9.17) is 0 Å².